The summed E-state index contributed by atoms with van der Waals surface area (Å²) >= 11 is 6.37. The van der Waals surface area contributed by atoms with E-state index in [0.29, 0.717) is 52.5 Å². The first-order valence-corrected chi connectivity index (χ1v) is 15.3. The number of rotatable bonds is 12. The van der Waals surface area contributed by atoms with E-state index in [1.54, 1.807) is 34.5 Å². The molecule has 2 N–H and O–H groups in total. The molecule has 0 bridgehead atoms. The Hall–Kier alpha value is -3.68. The molecule has 39 heavy (non-hydrogen) atoms. The minimum absolute atomic E-state index is 0.101. The summed E-state index contributed by atoms with van der Waals surface area (Å²) in [5.74, 6) is 0.922. The largest absolute Gasteiger partial charge is 0.495 e. The molecule has 9 nitrogen and oxygen atoms in total. The van der Waals surface area contributed by atoms with Gasteiger partial charge in [0.05, 0.1) is 24.7 Å². The average molecular weight is 570 g/mol. The van der Waals surface area contributed by atoms with Crippen LogP contribution in [-0.4, -0.2) is 61.1 Å². The Balaban J connectivity index is 1.73. The van der Waals surface area contributed by atoms with Gasteiger partial charge in [-0.15, -0.1) is 0 Å². The van der Waals surface area contributed by atoms with Crippen LogP contribution in [0.3, 0.4) is 0 Å². The van der Waals surface area contributed by atoms with Gasteiger partial charge in [0.15, 0.2) is 11.6 Å². The number of hydrogen-bond donors (Lipinski definition) is 2. The predicted octanol–water partition coefficient (Wildman–Crippen LogP) is 5.41. The van der Waals surface area contributed by atoms with Crippen molar-refractivity contribution in [3.63, 3.8) is 0 Å². The van der Waals surface area contributed by atoms with Crippen LogP contribution in [0.1, 0.15) is 18.4 Å². The van der Waals surface area contributed by atoms with E-state index < -0.39 is 7.14 Å². The highest BCUT2D eigenvalue weighted by Crippen LogP contribution is 2.38. The van der Waals surface area contributed by atoms with Gasteiger partial charge in [-0.3, -0.25) is 9.59 Å². The van der Waals surface area contributed by atoms with Gasteiger partial charge in [0, 0.05) is 31.9 Å². The lowest BCUT2D eigenvalue weighted by Gasteiger charge is -2.16. The number of allylic oxidation sites excluding steroid dienone is 1. The Morgan fingerprint density at radius 2 is 1.82 bits per heavy atom. The maximum atomic E-state index is 12.7. The lowest BCUT2D eigenvalue weighted by atomic mass is 10.1. The highest BCUT2D eigenvalue weighted by molar-refractivity contribution is 7.70. The predicted molar refractivity (Wildman–Crippen MR) is 158 cm³/mol. The van der Waals surface area contributed by atoms with Gasteiger partial charge in [-0.1, -0.05) is 29.8 Å². The van der Waals surface area contributed by atoms with Gasteiger partial charge in [0.1, 0.15) is 17.9 Å². The number of hydrogen-bond acceptors (Lipinski definition) is 8. The van der Waals surface area contributed by atoms with Crippen molar-refractivity contribution in [1.29, 1.82) is 0 Å². The topological polar surface area (TPSA) is 114 Å². The van der Waals surface area contributed by atoms with Crippen molar-refractivity contribution in [2.24, 2.45) is 0 Å². The molecule has 3 aromatic rings. The van der Waals surface area contributed by atoms with E-state index in [-0.39, 0.29) is 17.6 Å². The molecule has 0 fully saturated rings. The first-order valence-electron chi connectivity index (χ1n) is 12.3. The summed E-state index contributed by atoms with van der Waals surface area (Å²) in [4.78, 5) is 33.9. The van der Waals surface area contributed by atoms with Crippen LogP contribution in [0.4, 0.5) is 23.1 Å². The number of benzene rings is 2. The molecule has 1 heterocycles. The number of amides is 1. The Bertz CT molecular complexity index is 1420. The van der Waals surface area contributed by atoms with Gasteiger partial charge in [0.2, 0.25) is 11.9 Å². The number of nitrogens with zero attached hydrogens (tertiary/aromatic N) is 3. The summed E-state index contributed by atoms with van der Waals surface area (Å²) in [5.41, 5.74) is 2.30. The fourth-order valence-electron chi connectivity index (χ4n) is 3.68. The van der Waals surface area contributed by atoms with Crippen LogP contribution in [0.25, 0.3) is 0 Å². The standard InChI is InChI=1S/C28H33ClN5O4P/c1-34(2)26(36)16-14-20(35)10-8-9-19-13-15-24(38-3)23(17-19)32-28-30-18-21(29)27(33-28)31-22-11-6-7-12-25(22)39(4,5)37/h6-7,11-18H,8-10H2,1-5H3,(H2,30,31,32,33)/b16-14-. The van der Waals surface area contributed by atoms with E-state index in [4.69, 9.17) is 16.3 Å². The van der Waals surface area contributed by atoms with Crippen molar-refractivity contribution < 1.29 is 18.9 Å². The average Bonchev–Trinajstić information content (AvgIpc) is 2.89. The molecule has 0 aliphatic heterocycles. The number of para-hydroxylation sites is 1. The number of nitrogens with one attached hydrogen (secondary N) is 2. The molecule has 206 valence electrons. The lowest BCUT2D eigenvalue weighted by Crippen LogP contribution is -2.19. The second-order valence-electron chi connectivity index (χ2n) is 9.43. The number of aromatic nitrogens is 2. The summed E-state index contributed by atoms with van der Waals surface area (Å²) in [7, 11) is 2.30. The number of methoxy groups -OCH3 is 1. The summed E-state index contributed by atoms with van der Waals surface area (Å²) in [6.45, 7) is 3.42. The van der Waals surface area contributed by atoms with E-state index in [1.165, 1.54) is 23.2 Å². The van der Waals surface area contributed by atoms with Gasteiger partial charge < -0.3 is 24.8 Å². The number of ketones is 1. The van der Waals surface area contributed by atoms with E-state index in [2.05, 4.69) is 20.6 Å². The molecule has 3 rings (SSSR count). The highest BCUT2D eigenvalue weighted by Gasteiger charge is 2.17. The second kappa shape index (κ2) is 13.4. The van der Waals surface area contributed by atoms with Crippen LogP contribution in [0.2, 0.25) is 5.02 Å². The van der Waals surface area contributed by atoms with Crippen LogP contribution in [-0.2, 0) is 20.6 Å². The number of ether oxygens (including phenoxy) is 1. The fourth-order valence-corrected chi connectivity index (χ4v) is 4.98. The molecule has 0 spiro atoms. The molecule has 0 saturated heterocycles. The van der Waals surface area contributed by atoms with Crippen LogP contribution in [0.5, 0.6) is 5.75 Å². The van der Waals surface area contributed by atoms with Gasteiger partial charge >= 0.3 is 0 Å². The van der Waals surface area contributed by atoms with E-state index >= 15 is 0 Å². The first kappa shape index (κ1) is 29.9. The van der Waals surface area contributed by atoms with Crippen molar-refractivity contribution >= 4 is 58.9 Å². The van der Waals surface area contributed by atoms with E-state index in [1.807, 2.05) is 42.5 Å². The Labute approximate surface area is 234 Å². The van der Waals surface area contributed by atoms with Gasteiger partial charge in [-0.25, -0.2) is 4.98 Å². The molecule has 0 aliphatic rings. The molecule has 1 aromatic heterocycles. The third kappa shape index (κ3) is 8.67. The van der Waals surface area contributed by atoms with Crippen LogP contribution >= 0.6 is 18.7 Å². The SMILES string of the molecule is COc1ccc(CCCC(=O)/C=C\C(=O)N(C)C)cc1Nc1ncc(Cl)c(Nc2ccccc2P(C)(C)=O)n1. The minimum atomic E-state index is -2.54. The zero-order valence-corrected chi connectivity index (χ0v) is 24.3. The molecular weight excluding hydrogens is 537 g/mol. The number of halogens is 1. The Kier molecular flexibility index (Phi) is 10.3. The van der Waals surface area contributed by atoms with Gasteiger partial charge in [0.25, 0.3) is 0 Å². The van der Waals surface area contributed by atoms with Crippen molar-refractivity contribution in [1.82, 2.24) is 14.9 Å². The van der Waals surface area contributed by atoms with Crippen molar-refractivity contribution in [2.75, 3.05) is 45.2 Å². The molecule has 0 saturated carbocycles. The van der Waals surface area contributed by atoms with Gasteiger partial charge in [-0.2, -0.15) is 4.98 Å². The molecular formula is C28H33ClN5O4P. The number of likely N-dealkylation sites (N-methyl/N-ethyl adjacent to an activating group) is 1. The van der Waals surface area contributed by atoms with Crippen LogP contribution in [0, 0.1) is 0 Å². The maximum Gasteiger partial charge on any atom is 0.246 e. The quantitative estimate of drug-likeness (QED) is 0.220. The minimum Gasteiger partial charge on any atom is -0.495 e. The molecule has 11 heteroatoms. The molecule has 0 unspecified atom stereocenters. The van der Waals surface area contributed by atoms with Crippen molar-refractivity contribution in [2.45, 2.75) is 19.3 Å². The summed E-state index contributed by atoms with van der Waals surface area (Å²) in [6, 6.07) is 13.0. The smallest absolute Gasteiger partial charge is 0.246 e. The maximum absolute atomic E-state index is 12.7. The molecule has 0 aliphatic carbocycles. The van der Waals surface area contributed by atoms with Crippen LogP contribution in [0.15, 0.2) is 60.8 Å². The fraction of sp³-hybridized carbons (Fsp3) is 0.286. The third-order valence-electron chi connectivity index (χ3n) is 5.73. The third-order valence-corrected chi connectivity index (χ3v) is 7.56. The number of carbonyl (C=O) groups is 2. The highest BCUT2D eigenvalue weighted by atomic mass is 35.5. The summed E-state index contributed by atoms with van der Waals surface area (Å²) in [5, 5.41) is 7.38. The molecule has 1 amide bonds. The van der Waals surface area contributed by atoms with Crippen molar-refractivity contribution in [3.8, 4) is 5.75 Å². The Morgan fingerprint density at radius 3 is 2.51 bits per heavy atom. The first-order chi connectivity index (χ1) is 18.5. The molecule has 0 radical (unpaired) electrons. The molecule has 2 aromatic carbocycles. The van der Waals surface area contributed by atoms with E-state index in [9.17, 15) is 14.2 Å². The zero-order valence-electron chi connectivity index (χ0n) is 22.7. The Morgan fingerprint density at radius 1 is 1.08 bits per heavy atom. The normalized spacial score (nSPS) is 11.3. The monoisotopic (exact) mass is 569 g/mol. The van der Waals surface area contributed by atoms with Crippen LogP contribution < -0.4 is 20.7 Å². The van der Waals surface area contributed by atoms with E-state index in [0.717, 1.165) is 5.56 Å². The van der Waals surface area contributed by atoms with Crippen molar-refractivity contribution in [3.05, 3.63) is 71.4 Å². The number of aryl methyl sites for hydroxylation is 1. The number of anilines is 4. The van der Waals surface area contributed by atoms with Gasteiger partial charge in [-0.05, 0) is 62.1 Å². The summed E-state index contributed by atoms with van der Waals surface area (Å²) < 4.78 is 18.3. The molecule has 0 atom stereocenters. The zero-order chi connectivity index (χ0) is 28.6. The summed E-state index contributed by atoms with van der Waals surface area (Å²) in [6.07, 6.45) is 5.69. The number of carbonyl (C=O) groups excluding carboxylic acids is 2. The second-order valence-corrected chi connectivity index (χ2v) is 13.0. The lowest BCUT2D eigenvalue weighted by molar-refractivity contribution is -0.124.